The Labute approximate surface area is 214 Å². The van der Waals surface area contributed by atoms with E-state index < -0.39 is 33.6 Å². The second-order valence-electron chi connectivity index (χ2n) is 7.85. The molecule has 37 heavy (non-hydrogen) atoms. The Kier molecular flexibility index (Phi) is 8.25. The molecule has 0 bridgehead atoms. The third kappa shape index (κ3) is 6.70. The molecule has 1 atom stereocenters. The van der Waals surface area contributed by atoms with Gasteiger partial charge in [-0.2, -0.15) is 0 Å². The number of nitro benzene ring substituents is 1. The van der Waals surface area contributed by atoms with E-state index in [9.17, 15) is 34.4 Å². The number of anilines is 2. The highest BCUT2D eigenvalue weighted by Crippen LogP contribution is 2.27. The molecule has 0 aliphatic rings. The summed E-state index contributed by atoms with van der Waals surface area (Å²) in [6, 6.07) is 13.9. The summed E-state index contributed by atoms with van der Waals surface area (Å²) in [4.78, 5) is 58.9. The van der Waals surface area contributed by atoms with Crippen molar-refractivity contribution >= 4 is 52.6 Å². The summed E-state index contributed by atoms with van der Waals surface area (Å²) in [7, 11) is 0. The number of thioether (sulfide) groups is 1. The van der Waals surface area contributed by atoms with Crippen molar-refractivity contribution in [3.63, 3.8) is 0 Å². The van der Waals surface area contributed by atoms with Gasteiger partial charge in [0.05, 0.1) is 26.9 Å². The molecule has 11 nitrogen and oxygen atoms in total. The van der Waals surface area contributed by atoms with E-state index >= 15 is 0 Å². The number of carbonyl (C=O) groups is 4. The van der Waals surface area contributed by atoms with Crippen LogP contribution < -0.4 is 10.6 Å². The molecule has 4 N–H and O–H groups in total. The Balaban J connectivity index is 1.64. The van der Waals surface area contributed by atoms with Crippen LogP contribution in [-0.4, -0.2) is 44.1 Å². The van der Waals surface area contributed by atoms with Crippen LogP contribution in [0.25, 0.3) is 0 Å². The minimum atomic E-state index is -1.43. The Morgan fingerprint density at radius 3 is 2.14 bits per heavy atom. The molecule has 0 heterocycles. The molecular weight excluding hydrogens is 502 g/mol. The van der Waals surface area contributed by atoms with E-state index in [1.165, 1.54) is 30.0 Å². The van der Waals surface area contributed by atoms with Gasteiger partial charge in [-0.25, -0.2) is 9.59 Å². The number of carboxylic acid groups (broad SMARTS) is 2. The summed E-state index contributed by atoms with van der Waals surface area (Å²) in [5, 5.41) is 34.1. The zero-order valence-corrected chi connectivity index (χ0v) is 20.4. The molecule has 0 saturated heterocycles. The average Bonchev–Trinajstić information content (AvgIpc) is 2.85. The fraction of sp³-hybridized carbons (Fsp3) is 0.120. The molecule has 0 aliphatic carbocycles. The molecule has 0 radical (unpaired) electrons. The van der Waals surface area contributed by atoms with Crippen molar-refractivity contribution in [3.8, 4) is 0 Å². The standard InChI is InChI=1S/C25H21N3O8S/c1-13-11-17(28(35)36)6-10-21(13)27-22(29)14(2)37-18-7-4-16(5-8-18)26-23(30)19-9-3-15(24(31)32)12-20(19)25(33)34/h3-12,14H,1-2H3,(H,26,30)(H,27,29)(H,31,32)(H,33,34). The van der Waals surface area contributed by atoms with Gasteiger partial charge in [-0.05, 0) is 67.9 Å². The zero-order chi connectivity index (χ0) is 27.3. The first-order chi connectivity index (χ1) is 17.5. The number of aryl methyl sites for hydroxylation is 1. The van der Waals surface area contributed by atoms with Crippen molar-refractivity contribution in [3.05, 3.63) is 93.0 Å². The first-order valence-electron chi connectivity index (χ1n) is 10.7. The highest BCUT2D eigenvalue weighted by molar-refractivity contribution is 8.00. The monoisotopic (exact) mass is 523 g/mol. The van der Waals surface area contributed by atoms with Crippen molar-refractivity contribution in [2.24, 2.45) is 0 Å². The van der Waals surface area contributed by atoms with Crippen LogP contribution in [-0.2, 0) is 4.79 Å². The Bertz CT molecular complexity index is 1410. The second kappa shape index (κ2) is 11.4. The number of carbonyl (C=O) groups excluding carboxylic acids is 2. The Morgan fingerprint density at radius 2 is 1.57 bits per heavy atom. The quantitative estimate of drug-likeness (QED) is 0.176. The molecular formula is C25H21N3O8S. The molecule has 0 aliphatic heterocycles. The summed E-state index contributed by atoms with van der Waals surface area (Å²) in [5.74, 6) is -3.77. The maximum atomic E-state index is 12.6. The summed E-state index contributed by atoms with van der Waals surface area (Å²) >= 11 is 1.25. The van der Waals surface area contributed by atoms with Crippen molar-refractivity contribution in [2.45, 2.75) is 24.0 Å². The topological polar surface area (TPSA) is 176 Å². The van der Waals surface area contributed by atoms with Crippen molar-refractivity contribution < 1.29 is 34.3 Å². The number of hydrogen-bond donors (Lipinski definition) is 4. The van der Waals surface area contributed by atoms with Crippen molar-refractivity contribution in [1.29, 1.82) is 0 Å². The summed E-state index contributed by atoms with van der Waals surface area (Å²) in [5.41, 5.74) is 0.447. The smallest absolute Gasteiger partial charge is 0.336 e. The summed E-state index contributed by atoms with van der Waals surface area (Å²) in [6.07, 6.45) is 0. The van der Waals surface area contributed by atoms with Gasteiger partial charge in [-0.15, -0.1) is 11.8 Å². The van der Waals surface area contributed by atoms with Gasteiger partial charge in [0.2, 0.25) is 5.91 Å². The normalized spacial score (nSPS) is 11.3. The van der Waals surface area contributed by atoms with E-state index in [0.29, 0.717) is 16.9 Å². The average molecular weight is 524 g/mol. The van der Waals surface area contributed by atoms with Crippen molar-refractivity contribution in [2.75, 3.05) is 10.6 Å². The fourth-order valence-electron chi connectivity index (χ4n) is 3.26. The summed E-state index contributed by atoms with van der Waals surface area (Å²) < 4.78 is 0. The number of aromatic carboxylic acids is 2. The first kappa shape index (κ1) is 26.9. The Hall–Kier alpha value is -4.71. The number of nitrogens with zero attached hydrogens (tertiary/aromatic N) is 1. The largest absolute Gasteiger partial charge is 0.478 e. The highest BCUT2D eigenvalue weighted by atomic mass is 32.2. The predicted molar refractivity (Wildman–Crippen MR) is 137 cm³/mol. The number of amides is 2. The van der Waals surface area contributed by atoms with E-state index in [-0.39, 0.29) is 22.7 Å². The van der Waals surface area contributed by atoms with E-state index in [4.69, 9.17) is 5.11 Å². The van der Waals surface area contributed by atoms with Gasteiger partial charge >= 0.3 is 11.9 Å². The minimum absolute atomic E-state index is 0.0680. The molecule has 12 heteroatoms. The molecule has 0 spiro atoms. The molecule has 0 fully saturated rings. The maximum Gasteiger partial charge on any atom is 0.336 e. The van der Waals surface area contributed by atoms with E-state index in [1.807, 2.05) is 0 Å². The first-order valence-corrected chi connectivity index (χ1v) is 11.6. The number of nitrogens with one attached hydrogen (secondary N) is 2. The van der Waals surface area contributed by atoms with Crippen LogP contribution in [0.3, 0.4) is 0 Å². The molecule has 2 amide bonds. The number of nitro groups is 1. The number of rotatable bonds is 9. The lowest BCUT2D eigenvalue weighted by atomic mass is 10.0. The van der Waals surface area contributed by atoms with Gasteiger partial charge in [0.15, 0.2) is 0 Å². The lowest BCUT2D eigenvalue weighted by Crippen LogP contribution is -2.22. The van der Waals surface area contributed by atoms with Crippen LogP contribution >= 0.6 is 11.8 Å². The highest BCUT2D eigenvalue weighted by Gasteiger charge is 2.20. The van der Waals surface area contributed by atoms with Gasteiger partial charge in [-0.1, -0.05) is 0 Å². The number of hydrogen-bond acceptors (Lipinski definition) is 7. The third-order valence-corrected chi connectivity index (χ3v) is 6.33. The van der Waals surface area contributed by atoms with Gasteiger partial charge in [-0.3, -0.25) is 19.7 Å². The maximum absolute atomic E-state index is 12.6. The lowest BCUT2D eigenvalue weighted by molar-refractivity contribution is -0.384. The minimum Gasteiger partial charge on any atom is -0.478 e. The van der Waals surface area contributed by atoms with E-state index in [2.05, 4.69) is 10.6 Å². The van der Waals surface area contributed by atoms with Gasteiger partial charge < -0.3 is 20.8 Å². The van der Waals surface area contributed by atoms with Crippen LogP contribution in [0.4, 0.5) is 17.1 Å². The van der Waals surface area contributed by atoms with E-state index in [0.717, 1.165) is 23.1 Å². The Morgan fingerprint density at radius 1 is 0.892 bits per heavy atom. The van der Waals surface area contributed by atoms with Gasteiger partial charge in [0.1, 0.15) is 0 Å². The molecule has 0 saturated carbocycles. The van der Waals surface area contributed by atoms with Crippen LogP contribution in [0.15, 0.2) is 65.6 Å². The van der Waals surface area contributed by atoms with Crippen molar-refractivity contribution in [1.82, 2.24) is 0 Å². The predicted octanol–water partition coefficient (Wildman–Crippen LogP) is 4.67. The molecule has 3 rings (SSSR count). The number of benzene rings is 3. The van der Waals surface area contributed by atoms with Crippen LogP contribution in [0.2, 0.25) is 0 Å². The van der Waals surface area contributed by atoms with Crippen LogP contribution in [0, 0.1) is 17.0 Å². The van der Waals surface area contributed by atoms with E-state index in [1.54, 1.807) is 38.1 Å². The summed E-state index contributed by atoms with van der Waals surface area (Å²) in [6.45, 7) is 3.36. The van der Waals surface area contributed by atoms with Crippen LogP contribution in [0.5, 0.6) is 0 Å². The number of carboxylic acids is 2. The second-order valence-corrected chi connectivity index (χ2v) is 9.27. The molecule has 3 aromatic carbocycles. The molecule has 1 unspecified atom stereocenters. The SMILES string of the molecule is Cc1cc([N+](=O)[O-])ccc1NC(=O)C(C)Sc1ccc(NC(=O)c2ccc(C(=O)O)cc2C(=O)O)cc1. The third-order valence-electron chi connectivity index (χ3n) is 5.21. The van der Waals surface area contributed by atoms with Gasteiger partial charge in [0.25, 0.3) is 11.6 Å². The number of non-ortho nitro benzene ring substituents is 1. The van der Waals surface area contributed by atoms with Gasteiger partial charge in [0, 0.05) is 28.4 Å². The fourth-order valence-corrected chi connectivity index (χ4v) is 4.13. The lowest BCUT2D eigenvalue weighted by Gasteiger charge is -2.14. The molecule has 3 aromatic rings. The molecule has 190 valence electrons. The van der Waals surface area contributed by atoms with Crippen LogP contribution in [0.1, 0.15) is 43.6 Å². The molecule has 0 aromatic heterocycles. The zero-order valence-electron chi connectivity index (χ0n) is 19.6.